The molecule has 0 aromatic carbocycles. The maximum atomic E-state index is 13.3. The third kappa shape index (κ3) is 4.52. The molecule has 1 N–H and O–H groups in total. The predicted molar refractivity (Wildman–Crippen MR) is 128 cm³/mol. The van der Waals surface area contributed by atoms with E-state index in [1.165, 1.54) is 38.9 Å². The van der Waals surface area contributed by atoms with Gasteiger partial charge in [0.25, 0.3) is 11.7 Å². The first kappa shape index (κ1) is 23.5. The first-order valence-corrected chi connectivity index (χ1v) is 10.8. The van der Waals surface area contributed by atoms with Crippen LogP contribution >= 0.6 is 23.2 Å². The van der Waals surface area contributed by atoms with Crippen molar-refractivity contribution in [3.8, 4) is 11.6 Å². The summed E-state index contributed by atoms with van der Waals surface area (Å²) in [4.78, 5) is 39.0. The van der Waals surface area contributed by atoms with E-state index in [0.717, 1.165) is 0 Å². The summed E-state index contributed by atoms with van der Waals surface area (Å²) in [6.45, 7) is 1.95. The van der Waals surface area contributed by atoms with Crippen LogP contribution in [0.1, 0.15) is 21.7 Å². The number of hydrogen-bond donors (Lipinski definition) is 1. The molecular formula is C23H19Cl2N5O4. The Balaban J connectivity index is 1.77. The summed E-state index contributed by atoms with van der Waals surface area (Å²) >= 11 is 12.3. The molecule has 4 rings (SSSR count). The summed E-state index contributed by atoms with van der Waals surface area (Å²) in [5.74, 6) is -0.803. The SMILES string of the molecule is COc1cnc2c(c1)c(C(=O)C(=O)Nc1ccnc(OC)c1)c(C)n2Cc1ncc(Cl)cc1Cl. The van der Waals surface area contributed by atoms with Crippen molar-refractivity contribution in [1.82, 2.24) is 19.5 Å². The molecule has 0 radical (unpaired) electrons. The van der Waals surface area contributed by atoms with Crippen LogP contribution < -0.4 is 14.8 Å². The zero-order chi connectivity index (χ0) is 24.4. The van der Waals surface area contributed by atoms with Crippen LogP contribution in [0.2, 0.25) is 10.0 Å². The summed E-state index contributed by atoms with van der Waals surface area (Å²) < 4.78 is 12.1. The van der Waals surface area contributed by atoms with Crippen molar-refractivity contribution < 1.29 is 19.1 Å². The van der Waals surface area contributed by atoms with Gasteiger partial charge in [-0.05, 0) is 25.1 Å². The molecule has 9 nitrogen and oxygen atoms in total. The second-order valence-electron chi connectivity index (χ2n) is 7.25. The van der Waals surface area contributed by atoms with E-state index >= 15 is 0 Å². The molecule has 0 aliphatic rings. The third-order valence-corrected chi connectivity index (χ3v) is 5.73. The molecule has 0 saturated carbocycles. The number of aromatic nitrogens is 4. The van der Waals surface area contributed by atoms with Crippen molar-refractivity contribution in [2.24, 2.45) is 0 Å². The van der Waals surface area contributed by atoms with Gasteiger partial charge in [0.1, 0.15) is 11.4 Å². The fourth-order valence-corrected chi connectivity index (χ4v) is 3.97. The highest BCUT2D eigenvalue weighted by Crippen LogP contribution is 2.30. The summed E-state index contributed by atoms with van der Waals surface area (Å²) in [5, 5.41) is 3.84. The number of hydrogen-bond acceptors (Lipinski definition) is 7. The fourth-order valence-electron chi connectivity index (χ4n) is 3.53. The molecule has 4 aromatic heterocycles. The van der Waals surface area contributed by atoms with Gasteiger partial charge in [-0.2, -0.15) is 0 Å². The number of methoxy groups -OCH3 is 2. The van der Waals surface area contributed by atoms with Gasteiger partial charge >= 0.3 is 0 Å². The molecule has 0 saturated heterocycles. The van der Waals surface area contributed by atoms with E-state index < -0.39 is 11.7 Å². The van der Waals surface area contributed by atoms with Gasteiger partial charge in [0.15, 0.2) is 0 Å². The number of carbonyl (C=O) groups is 2. The largest absolute Gasteiger partial charge is 0.495 e. The molecule has 0 aliphatic heterocycles. The molecule has 0 aliphatic carbocycles. The van der Waals surface area contributed by atoms with E-state index in [1.807, 2.05) is 0 Å². The number of nitrogens with one attached hydrogen (secondary N) is 1. The highest BCUT2D eigenvalue weighted by Gasteiger charge is 2.27. The normalized spacial score (nSPS) is 10.9. The Morgan fingerprint density at radius 3 is 2.56 bits per heavy atom. The number of fused-ring (bicyclic) bond motifs is 1. The second-order valence-corrected chi connectivity index (χ2v) is 8.09. The number of nitrogens with zero attached hydrogens (tertiary/aromatic N) is 4. The molecule has 0 bridgehead atoms. The number of carbonyl (C=O) groups excluding carboxylic acids is 2. The highest BCUT2D eigenvalue weighted by atomic mass is 35.5. The molecule has 11 heteroatoms. The molecule has 4 heterocycles. The monoisotopic (exact) mass is 499 g/mol. The summed E-state index contributed by atoms with van der Waals surface area (Å²) in [6, 6.07) is 6.33. The Morgan fingerprint density at radius 2 is 1.85 bits per heavy atom. The van der Waals surface area contributed by atoms with E-state index in [1.54, 1.807) is 29.7 Å². The molecule has 0 atom stereocenters. The Bertz CT molecular complexity index is 1420. The lowest BCUT2D eigenvalue weighted by Gasteiger charge is -2.09. The van der Waals surface area contributed by atoms with Crippen molar-refractivity contribution >= 4 is 51.6 Å². The van der Waals surface area contributed by atoms with Crippen LogP contribution in [0.3, 0.4) is 0 Å². The van der Waals surface area contributed by atoms with Crippen LogP contribution in [0, 0.1) is 6.92 Å². The quantitative estimate of drug-likeness (QED) is 0.297. The Morgan fingerprint density at radius 1 is 1.06 bits per heavy atom. The zero-order valence-electron chi connectivity index (χ0n) is 18.4. The van der Waals surface area contributed by atoms with Crippen LogP contribution in [0.15, 0.2) is 42.9 Å². The maximum absolute atomic E-state index is 13.3. The lowest BCUT2D eigenvalue weighted by Crippen LogP contribution is -2.23. The van der Waals surface area contributed by atoms with Crippen molar-refractivity contribution in [3.05, 3.63) is 69.9 Å². The molecular weight excluding hydrogens is 481 g/mol. The number of ether oxygens (including phenoxy) is 2. The lowest BCUT2D eigenvalue weighted by molar-refractivity contribution is -0.112. The van der Waals surface area contributed by atoms with Gasteiger partial charge < -0.3 is 19.4 Å². The van der Waals surface area contributed by atoms with Crippen LogP contribution in [-0.4, -0.2) is 45.4 Å². The van der Waals surface area contributed by atoms with Crippen molar-refractivity contribution in [2.75, 3.05) is 19.5 Å². The Kier molecular flexibility index (Phi) is 6.67. The van der Waals surface area contributed by atoms with Crippen molar-refractivity contribution in [1.29, 1.82) is 0 Å². The average molecular weight is 500 g/mol. The molecule has 0 fully saturated rings. The predicted octanol–water partition coefficient (Wildman–Crippen LogP) is 4.33. The van der Waals surface area contributed by atoms with Gasteiger partial charge in [0.05, 0.1) is 48.3 Å². The standard InChI is InChI=1S/C23H19Cl2N5O4/c1-12-20(21(31)23(32)29-14-4-5-26-19(7-14)34-3)16-8-15(33-2)10-28-22(16)30(12)11-18-17(25)6-13(24)9-27-18/h4-10H,11H2,1-3H3,(H,26,29,32). The number of ketones is 1. The van der Waals surface area contributed by atoms with Gasteiger partial charge in [-0.25, -0.2) is 9.97 Å². The molecule has 1 amide bonds. The maximum Gasteiger partial charge on any atom is 0.296 e. The van der Waals surface area contributed by atoms with E-state index in [9.17, 15) is 9.59 Å². The van der Waals surface area contributed by atoms with Gasteiger partial charge in [-0.15, -0.1) is 0 Å². The fraction of sp³-hybridized carbons (Fsp3) is 0.174. The van der Waals surface area contributed by atoms with Gasteiger partial charge in [-0.1, -0.05) is 23.2 Å². The number of pyridine rings is 3. The van der Waals surface area contributed by atoms with Crippen LogP contribution in [0.4, 0.5) is 5.69 Å². The average Bonchev–Trinajstić information content (AvgIpc) is 3.10. The Hall–Kier alpha value is -3.69. The number of amides is 1. The van der Waals surface area contributed by atoms with Crippen LogP contribution in [0.25, 0.3) is 11.0 Å². The zero-order valence-corrected chi connectivity index (χ0v) is 19.9. The minimum atomic E-state index is -0.819. The first-order chi connectivity index (χ1) is 16.3. The smallest absolute Gasteiger partial charge is 0.296 e. The van der Waals surface area contributed by atoms with E-state index in [2.05, 4.69) is 20.3 Å². The molecule has 174 valence electrons. The summed E-state index contributed by atoms with van der Waals surface area (Å²) in [5.41, 5.74) is 2.12. The van der Waals surface area contributed by atoms with E-state index in [4.69, 9.17) is 32.7 Å². The molecule has 0 spiro atoms. The summed E-state index contributed by atoms with van der Waals surface area (Å²) in [7, 11) is 2.95. The number of Topliss-reactive ketones (excluding diaryl/α,β-unsaturated/α-hetero) is 1. The third-order valence-electron chi connectivity index (χ3n) is 5.20. The minimum Gasteiger partial charge on any atom is -0.495 e. The van der Waals surface area contributed by atoms with E-state index in [-0.39, 0.29) is 12.1 Å². The number of rotatable bonds is 7. The van der Waals surface area contributed by atoms with Crippen molar-refractivity contribution in [3.63, 3.8) is 0 Å². The van der Waals surface area contributed by atoms with Gasteiger partial charge in [0, 0.05) is 35.2 Å². The second kappa shape index (κ2) is 9.66. The topological polar surface area (TPSA) is 108 Å². The lowest BCUT2D eigenvalue weighted by atomic mass is 10.1. The van der Waals surface area contributed by atoms with Crippen LogP contribution in [0.5, 0.6) is 11.6 Å². The number of halogens is 2. The van der Waals surface area contributed by atoms with E-state index in [0.29, 0.717) is 49.8 Å². The molecule has 0 unspecified atom stereocenters. The molecule has 34 heavy (non-hydrogen) atoms. The van der Waals surface area contributed by atoms with Crippen molar-refractivity contribution in [2.45, 2.75) is 13.5 Å². The van der Waals surface area contributed by atoms with Gasteiger partial charge in [-0.3, -0.25) is 14.6 Å². The van der Waals surface area contributed by atoms with Crippen LogP contribution in [-0.2, 0) is 11.3 Å². The van der Waals surface area contributed by atoms with Gasteiger partial charge in [0.2, 0.25) is 5.88 Å². The summed E-state index contributed by atoms with van der Waals surface area (Å²) in [6.07, 6.45) is 4.49. The minimum absolute atomic E-state index is 0.199. The number of anilines is 1. The first-order valence-electron chi connectivity index (χ1n) is 10.0. The molecule has 4 aromatic rings. The highest BCUT2D eigenvalue weighted by molar-refractivity contribution is 6.48. The Labute approximate surface area is 204 Å².